The van der Waals surface area contributed by atoms with Gasteiger partial charge in [-0.3, -0.25) is 14.6 Å². The summed E-state index contributed by atoms with van der Waals surface area (Å²) in [5.41, 5.74) is 4.42. The Labute approximate surface area is 148 Å². The van der Waals surface area contributed by atoms with Crippen LogP contribution in [0.25, 0.3) is 0 Å². The van der Waals surface area contributed by atoms with Crippen LogP contribution >= 0.6 is 0 Å². The Morgan fingerprint density at radius 3 is 1.96 bits per heavy atom. The Hall–Kier alpha value is -2.69. The first-order chi connectivity index (χ1) is 12.0. The first kappa shape index (κ1) is 17.1. The molecule has 0 unspecified atom stereocenters. The molecule has 0 aliphatic carbocycles. The van der Waals surface area contributed by atoms with Crippen LogP contribution in [-0.2, 0) is 0 Å². The molecule has 0 atom stereocenters. The summed E-state index contributed by atoms with van der Waals surface area (Å²) in [6.45, 7) is 8.16. The molecule has 0 N–H and O–H groups in total. The highest BCUT2D eigenvalue weighted by molar-refractivity contribution is 5.97. The van der Waals surface area contributed by atoms with Gasteiger partial charge in [0.15, 0.2) is 0 Å². The van der Waals surface area contributed by atoms with Crippen LogP contribution in [0.4, 0.5) is 0 Å². The lowest BCUT2D eigenvalue weighted by Gasteiger charge is -2.35. The molecule has 0 radical (unpaired) electrons. The SMILES string of the molecule is Cc1cc(C)c(C(=O)N2CCN(C(=O)c3ccccn3)CC2)c(C)c1. The molecule has 1 aromatic heterocycles. The molecule has 0 saturated carbocycles. The normalized spacial score (nSPS) is 14.5. The van der Waals surface area contributed by atoms with Crippen molar-refractivity contribution in [2.45, 2.75) is 20.8 Å². The molecule has 2 aromatic rings. The van der Waals surface area contributed by atoms with E-state index in [1.165, 1.54) is 0 Å². The van der Waals surface area contributed by atoms with Crippen molar-refractivity contribution in [3.63, 3.8) is 0 Å². The molecular formula is C20H23N3O2. The number of hydrogen-bond donors (Lipinski definition) is 0. The van der Waals surface area contributed by atoms with Gasteiger partial charge in [-0.1, -0.05) is 23.8 Å². The molecule has 130 valence electrons. The van der Waals surface area contributed by atoms with Crippen LogP contribution in [0, 0.1) is 20.8 Å². The second kappa shape index (κ2) is 7.05. The molecule has 2 heterocycles. The van der Waals surface area contributed by atoms with E-state index in [1.54, 1.807) is 23.2 Å². The minimum atomic E-state index is -0.0737. The van der Waals surface area contributed by atoms with Gasteiger partial charge >= 0.3 is 0 Å². The number of rotatable bonds is 2. The number of pyridine rings is 1. The number of carbonyl (C=O) groups is 2. The third kappa shape index (κ3) is 3.55. The van der Waals surface area contributed by atoms with Crippen LogP contribution < -0.4 is 0 Å². The summed E-state index contributed by atoms with van der Waals surface area (Å²) in [6.07, 6.45) is 1.62. The fourth-order valence-corrected chi connectivity index (χ4v) is 3.44. The summed E-state index contributed by atoms with van der Waals surface area (Å²) in [5.74, 6) is -0.0182. The molecule has 2 amide bonds. The van der Waals surface area contributed by atoms with Crippen LogP contribution in [0.3, 0.4) is 0 Å². The molecule has 25 heavy (non-hydrogen) atoms. The van der Waals surface area contributed by atoms with Gasteiger partial charge in [0.1, 0.15) is 5.69 Å². The highest BCUT2D eigenvalue weighted by Crippen LogP contribution is 2.19. The molecule has 1 aromatic carbocycles. The number of benzene rings is 1. The van der Waals surface area contributed by atoms with Gasteiger partial charge in [-0.05, 0) is 44.0 Å². The second-order valence-corrected chi connectivity index (χ2v) is 6.57. The highest BCUT2D eigenvalue weighted by atomic mass is 16.2. The molecule has 1 aliphatic rings. The van der Waals surface area contributed by atoms with Gasteiger partial charge in [0.25, 0.3) is 11.8 Å². The van der Waals surface area contributed by atoms with Crippen molar-refractivity contribution in [2.24, 2.45) is 0 Å². The fourth-order valence-electron chi connectivity index (χ4n) is 3.44. The summed E-state index contributed by atoms with van der Waals surface area (Å²) >= 11 is 0. The Bertz CT molecular complexity index is 771. The third-order valence-electron chi connectivity index (χ3n) is 4.63. The molecule has 0 bridgehead atoms. The van der Waals surface area contributed by atoms with Crippen molar-refractivity contribution in [3.05, 3.63) is 64.5 Å². The van der Waals surface area contributed by atoms with Crippen LogP contribution in [-0.4, -0.2) is 52.8 Å². The monoisotopic (exact) mass is 337 g/mol. The van der Waals surface area contributed by atoms with E-state index in [0.29, 0.717) is 31.9 Å². The molecular weight excluding hydrogens is 314 g/mol. The van der Waals surface area contributed by atoms with E-state index in [2.05, 4.69) is 4.98 Å². The lowest BCUT2D eigenvalue weighted by atomic mass is 9.98. The van der Waals surface area contributed by atoms with Gasteiger partial charge in [0.05, 0.1) is 0 Å². The number of hydrogen-bond acceptors (Lipinski definition) is 3. The average molecular weight is 337 g/mol. The smallest absolute Gasteiger partial charge is 0.272 e. The maximum atomic E-state index is 12.9. The van der Waals surface area contributed by atoms with Crippen LogP contribution in [0.1, 0.15) is 37.5 Å². The molecule has 0 spiro atoms. The number of piperazine rings is 1. The molecule has 1 saturated heterocycles. The van der Waals surface area contributed by atoms with Crippen LogP contribution in [0.5, 0.6) is 0 Å². The van der Waals surface area contributed by atoms with Crippen LogP contribution in [0.2, 0.25) is 0 Å². The predicted molar refractivity (Wildman–Crippen MR) is 96.7 cm³/mol. The molecule has 5 nitrogen and oxygen atoms in total. The van der Waals surface area contributed by atoms with Gasteiger partial charge in [0, 0.05) is 37.9 Å². The van der Waals surface area contributed by atoms with E-state index in [9.17, 15) is 9.59 Å². The molecule has 3 rings (SSSR count). The lowest BCUT2D eigenvalue weighted by molar-refractivity contribution is 0.0531. The van der Waals surface area contributed by atoms with E-state index in [-0.39, 0.29) is 11.8 Å². The number of amides is 2. The van der Waals surface area contributed by atoms with Crippen molar-refractivity contribution in [2.75, 3.05) is 26.2 Å². The number of carbonyl (C=O) groups excluding carboxylic acids is 2. The number of aryl methyl sites for hydroxylation is 3. The molecule has 1 aliphatic heterocycles. The lowest BCUT2D eigenvalue weighted by Crippen LogP contribution is -2.51. The minimum absolute atomic E-state index is 0.0555. The van der Waals surface area contributed by atoms with Gasteiger partial charge in [-0.15, -0.1) is 0 Å². The Morgan fingerprint density at radius 1 is 0.880 bits per heavy atom. The van der Waals surface area contributed by atoms with Crippen molar-refractivity contribution in [3.8, 4) is 0 Å². The predicted octanol–water partition coefficient (Wildman–Crippen LogP) is 2.61. The first-order valence-electron chi connectivity index (χ1n) is 8.55. The van der Waals surface area contributed by atoms with Gasteiger partial charge in [0.2, 0.25) is 0 Å². The summed E-state index contributed by atoms with van der Waals surface area (Å²) in [6, 6.07) is 9.41. The van der Waals surface area contributed by atoms with Crippen LogP contribution in [0.15, 0.2) is 36.5 Å². The average Bonchev–Trinajstić information content (AvgIpc) is 2.61. The fraction of sp³-hybridized carbons (Fsp3) is 0.350. The maximum absolute atomic E-state index is 12.9. The first-order valence-corrected chi connectivity index (χ1v) is 8.55. The van der Waals surface area contributed by atoms with Gasteiger partial charge in [-0.2, -0.15) is 0 Å². The molecule has 5 heteroatoms. The van der Waals surface area contributed by atoms with E-state index in [0.717, 1.165) is 22.3 Å². The summed E-state index contributed by atoms with van der Waals surface area (Å²) in [5, 5.41) is 0. The van der Waals surface area contributed by atoms with E-state index in [1.807, 2.05) is 43.9 Å². The van der Waals surface area contributed by atoms with Gasteiger partial charge in [-0.25, -0.2) is 0 Å². The zero-order chi connectivity index (χ0) is 18.0. The zero-order valence-electron chi connectivity index (χ0n) is 15.0. The van der Waals surface area contributed by atoms with E-state index >= 15 is 0 Å². The maximum Gasteiger partial charge on any atom is 0.272 e. The third-order valence-corrected chi connectivity index (χ3v) is 4.63. The summed E-state index contributed by atoms with van der Waals surface area (Å²) < 4.78 is 0. The number of nitrogens with zero attached hydrogens (tertiary/aromatic N) is 3. The highest BCUT2D eigenvalue weighted by Gasteiger charge is 2.27. The standard InChI is InChI=1S/C20H23N3O2/c1-14-12-15(2)18(16(3)13-14)20(25)23-10-8-22(9-11-23)19(24)17-6-4-5-7-21-17/h4-7,12-13H,8-11H2,1-3H3. The topological polar surface area (TPSA) is 53.5 Å². The van der Waals surface area contributed by atoms with Crippen molar-refractivity contribution < 1.29 is 9.59 Å². The Morgan fingerprint density at radius 2 is 1.44 bits per heavy atom. The van der Waals surface area contributed by atoms with Crippen molar-refractivity contribution >= 4 is 11.8 Å². The second-order valence-electron chi connectivity index (χ2n) is 6.57. The van der Waals surface area contributed by atoms with Crippen molar-refractivity contribution in [1.82, 2.24) is 14.8 Å². The Balaban J connectivity index is 1.68. The van der Waals surface area contributed by atoms with Gasteiger partial charge < -0.3 is 9.80 Å². The molecule has 1 fully saturated rings. The van der Waals surface area contributed by atoms with Crippen molar-refractivity contribution in [1.29, 1.82) is 0 Å². The van der Waals surface area contributed by atoms with E-state index in [4.69, 9.17) is 0 Å². The Kier molecular flexibility index (Phi) is 4.83. The summed E-state index contributed by atoms with van der Waals surface area (Å²) in [7, 11) is 0. The minimum Gasteiger partial charge on any atom is -0.335 e. The largest absolute Gasteiger partial charge is 0.335 e. The summed E-state index contributed by atoms with van der Waals surface area (Å²) in [4.78, 5) is 33.1. The van der Waals surface area contributed by atoms with E-state index < -0.39 is 0 Å². The number of aromatic nitrogens is 1. The zero-order valence-corrected chi connectivity index (χ0v) is 15.0. The quantitative estimate of drug-likeness (QED) is 0.846.